The quantitative estimate of drug-likeness (QED) is 0.667. The Labute approximate surface area is 120 Å². The molecule has 98 valence electrons. The maximum Gasteiger partial charge on any atom is 0.0177 e. The third-order valence-electron chi connectivity index (χ3n) is 3.06. The zero-order chi connectivity index (χ0) is 13.8. The van der Waals surface area contributed by atoms with Gasteiger partial charge in [0.25, 0.3) is 0 Å². The average molecular weight is 268 g/mol. The zero-order valence-electron chi connectivity index (χ0n) is 11.9. The monoisotopic (exact) mass is 268 g/mol. The van der Waals surface area contributed by atoms with Gasteiger partial charge >= 0.3 is 0 Å². The molecule has 1 heteroatoms. The summed E-state index contributed by atoms with van der Waals surface area (Å²) in [7, 11) is 0. The van der Waals surface area contributed by atoms with Crippen LogP contribution in [0.15, 0.2) is 64.5 Å². The van der Waals surface area contributed by atoms with Crippen molar-refractivity contribution in [2.75, 3.05) is 0 Å². The fraction of sp³-hybridized carbons (Fsp3) is 0.222. The lowest BCUT2D eigenvalue weighted by molar-refractivity contribution is 1.19. The van der Waals surface area contributed by atoms with Crippen molar-refractivity contribution in [1.29, 1.82) is 0 Å². The summed E-state index contributed by atoms with van der Waals surface area (Å²) in [4.78, 5) is 2.73. The molecule has 0 bridgehead atoms. The molecule has 0 heterocycles. The molecule has 1 aromatic rings. The summed E-state index contributed by atoms with van der Waals surface area (Å²) in [6.45, 7) is 10.6. The molecule has 0 aromatic heterocycles. The molecule has 0 unspecified atom stereocenters. The highest BCUT2D eigenvalue weighted by Gasteiger charge is 2.08. The summed E-state index contributed by atoms with van der Waals surface area (Å²) >= 11 is 1.87. The van der Waals surface area contributed by atoms with E-state index in [2.05, 4.69) is 57.7 Å². The summed E-state index contributed by atoms with van der Waals surface area (Å²) in [5.74, 6) is 0. The fourth-order valence-electron chi connectivity index (χ4n) is 2.29. The van der Waals surface area contributed by atoms with Crippen molar-refractivity contribution in [2.24, 2.45) is 0 Å². The van der Waals surface area contributed by atoms with E-state index in [1.54, 1.807) is 0 Å². The van der Waals surface area contributed by atoms with Gasteiger partial charge in [0.05, 0.1) is 0 Å². The predicted octanol–water partition coefficient (Wildman–Crippen LogP) is 5.66. The SMILES string of the molecule is C=C1/C=C\C=C/C/C(Sc2c(C)cc(C)cc2C)=C\1. The van der Waals surface area contributed by atoms with Gasteiger partial charge in [-0.25, -0.2) is 0 Å². The first-order valence-corrected chi connectivity index (χ1v) is 7.36. The van der Waals surface area contributed by atoms with Crippen molar-refractivity contribution >= 4 is 11.8 Å². The van der Waals surface area contributed by atoms with Crippen LogP contribution in [0.5, 0.6) is 0 Å². The van der Waals surface area contributed by atoms with Crippen LogP contribution in [-0.4, -0.2) is 0 Å². The van der Waals surface area contributed by atoms with Crippen LogP contribution < -0.4 is 0 Å². The minimum absolute atomic E-state index is 0.973. The Bertz CT molecular complexity index is 563. The van der Waals surface area contributed by atoms with Crippen molar-refractivity contribution in [3.8, 4) is 0 Å². The van der Waals surface area contributed by atoms with Crippen LogP contribution in [0.3, 0.4) is 0 Å². The van der Waals surface area contributed by atoms with E-state index in [-0.39, 0.29) is 0 Å². The second kappa shape index (κ2) is 6.12. The Balaban J connectivity index is 2.30. The molecule has 0 fully saturated rings. The molecule has 0 nitrogen and oxygen atoms in total. The van der Waals surface area contributed by atoms with Crippen LogP contribution in [0.1, 0.15) is 23.1 Å². The molecule has 0 atom stereocenters. The summed E-state index contributed by atoms with van der Waals surface area (Å²) in [6, 6.07) is 4.51. The predicted molar refractivity (Wildman–Crippen MR) is 86.6 cm³/mol. The second-order valence-electron chi connectivity index (χ2n) is 5.01. The molecule has 0 amide bonds. The second-order valence-corrected chi connectivity index (χ2v) is 6.14. The van der Waals surface area contributed by atoms with Gasteiger partial charge in [0.1, 0.15) is 0 Å². The maximum atomic E-state index is 4.06. The van der Waals surface area contributed by atoms with E-state index in [9.17, 15) is 0 Å². The molecular formula is C18H20S. The first-order valence-electron chi connectivity index (χ1n) is 6.54. The lowest BCUT2D eigenvalue weighted by Crippen LogP contribution is -1.89. The average Bonchev–Trinajstić information content (AvgIpc) is 2.29. The van der Waals surface area contributed by atoms with E-state index in [1.165, 1.54) is 26.5 Å². The number of rotatable bonds is 2. The van der Waals surface area contributed by atoms with Gasteiger partial charge in [-0.1, -0.05) is 60.3 Å². The van der Waals surface area contributed by atoms with E-state index in [4.69, 9.17) is 0 Å². The van der Waals surface area contributed by atoms with Crippen LogP contribution in [0, 0.1) is 20.8 Å². The largest absolute Gasteiger partial charge is 0.0936 e. The first-order chi connectivity index (χ1) is 9.06. The van der Waals surface area contributed by atoms with Gasteiger partial charge in [-0.2, -0.15) is 0 Å². The molecule has 0 aliphatic heterocycles. The Hall–Kier alpha value is -1.47. The molecule has 19 heavy (non-hydrogen) atoms. The number of hydrogen-bond donors (Lipinski definition) is 0. The van der Waals surface area contributed by atoms with E-state index in [0.29, 0.717) is 0 Å². The number of benzene rings is 1. The van der Waals surface area contributed by atoms with Crippen molar-refractivity contribution in [1.82, 2.24) is 0 Å². The van der Waals surface area contributed by atoms with Gasteiger partial charge in [0, 0.05) is 4.90 Å². The molecule has 0 radical (unpaired) electrons. The highest BCUT2D eigenvalue weighted by molar-refractivity contribution is 8.03. The fourth-order valence-corrected chi connectivity index (χ4v) is 3.38. The van der Waals surface area contributed by atoms with Crippen LogP contribution in [-0.2, 0) is 0 Å². The van der Waals surface area contributed by atoms with Crippen LogP contribution in [0.25, 0.3) is 0 Å². The molecule has 1 aromatic carbocycles. The normalized spacial score (nSPS) is 21.2. The van der Waals surface area contributed by atoms with Crippen molar-refractivity contribution in [2.45, 2.75) is 32.1 Å². The molecule has 0 N–H and O–H groups in total. The number of aryl methyl sites for hydroxylation is 3. The molecule has 2 rings (SSSR count). The molecular weight excluding hydrogens is 248 g/mol. The van der Waals surface area contributed by atoms with E-state index in [1.807, 2.05) is 23.9 Å². The molecule has 1 aliphatic carbocycles. The number of thioether (sulfide) groups is 1. The lowest BCUT2D eigenvalue weighted by Gasteiger charge is -2.13. The highest BCUT2D eigenvalue weighted by Crippen LogP contribution is 2.35. The minimum Gasteiger partial charge on any atom is -0.0936 e. The highest BCUT2D eigenvalue weighted by atomic mass is 32.2. The number of hydrogen-bond acceptors (Lipinski definition) is 1. The molecule has 0 saturated carbocycles. The van der Waals surface area contributed by atoms with Crippen molar-refractivity contribution in [3.05, 3.63) is 76.3 Å². The van der Waals surface area contributed by atoms with Crippen molar-refractivity contribution in [3.63, 3.8) is 0 Å². The summed E-state index contributed by atoms with van der Waals surface area (Å²) in [5.41, 5.74) is 5.11. The van der Waals surface area contributed by atoms with Gasteiger partial charge in [0.15, 0.2) is 0 Å². The van der Waals surface area contributed by atoms with Crippen LogP contribution in [0.2, 0.25) is 0 Å². The molecule has 1 aliphatic rings. The van der Waals surface area contributed by atoms with Crippen LogP contribution >= 0.6 is 11.8 Å². The Kier molecular flexibility index (Phi) is 4.49. The summed E-state index contributed by atoms with van der Waals surface area (Å²) in [6.07, 6.45) is 11.5. The molecule has 0 saturated heterocycles. The van der Waals surface area contributed by atoms with Crippen molar-refractivity contribution < 1.29 is 0 Å². The minimum atomic E-state index is 0.973. The smallest absolute Gasteiger partial charge is 0.0177 e. The van der Waals surface area contributed by atoms with Gasteiger partial charge in [0.2, 0.25) is 0 Å². The summed E-state index contributed by atoms with van der Waals surface area (Å²) in [5, 5.41) is 0. The van der Waals surface area contributed by atoms with Gasteiger partial charge in [-0.05, 0) is 54.9 Å². The van der Waals surface area contributed by atoms with Gasteiger partial charge in [-0.3, -0.25) is 0 Å². The Morgan fingerprint density at radius 1 is 1.05 bits per heavy atom. The van der Waals surface area contributed by atoms with Gasteiger partial charge < -0.3 is 0 Å². The third kappa shape index (κ3) is 3.74. The number of allylic oxidation sites excluding steroid dienone is 7. The van der Waals surface area contributed by atoms with Crippen LogP contribution in [0.4, 0.5) is 0 Å². The Morgan fingerprint density at radius 2 is 1.74 bits per heavy atom. The topological polar surface area (TPSA) is 0 Å². The third-order valence-corrected chi connectivity index (χ3v) is 4.46. The Morgan fingerprint density at radius 3 is 2.42 bits per heavy atom. The van der Waals surface area contributed by atoms with E-state index in [0.717, 1.165) is 12.0 Å². The summed E-state index contributed by atoms with van der Waals surface area (Å²) < 4.78 is 0. The molecule has 0 spiro atoms. The standard InChI is InChI=1S/C18H20S/c1-13-8-6-5-7-9-17(12-13)19-18-15(3)10-14(2)11-16(18)4/h5-8,10-12H,1,9H2,2-4H3/b7-5-,8-6-,17-12+. The first kappa shape index (κ1) is 14.0. The van der Waals surface area contributed by atoms with E-state index >= 15 is 0 Å². The zero-order valence-corrected chi connectivity index (χ0v) is 12.7. The van der Waals surface area contributed by atoms with E-state index < -0.39 is 0 Å². The lowest BCUT2D eigenvalue weighted by atomic mass is 10.1. The van der Waals surface area contributed by atoms with Gasteiger partial charge in [-0.15, -0.1) is 0 Å². The maximum absolute atomic E-state index is 4.06.